The van der Waals surface area contributed by atoms with Crippen LogP contribution in [0.3, 0.4) is 0 Å². The van der Waals surface area contributed by atoms with Gasteiger partial charge in [0.25, 0.3) is 0 Å². The van der Waals surface area contributed by atoms with Gasteiger partial charge in [-0.05, 0) is 47.0 Å². The fraction of sp³-hybridized carbons (Fsp3) is 0.115. The standard InChI is InChI=1S/C26H23NO3/c1-4-18-5-7-20(8-6-18)17-29-22-13-14-23-24(16-22)30-25(26(23)28)15-19-9-11-21(12-10-19)27(2)3/h4-16H,1,17H2,2-3H3/b25-15-. The third kappa shape index (κ3) is 4.13. The highest BCUT2D eigenvalue weighted by molar-refractivity contribution is 6.14. The van der Waals surface area contributed by atoms with Gasteiger partial charge in [0, 0.05) is 25.8 Å². The molecule has 0 aromatic heterocycles. The number of rotatable bonds is 6. The van der Waals surface area contributed by atoms with Crippen LogP contribution in [-0.2, 0) is 6.61 Å². The van der Waals surface area contributed by atoms with Gasteiger partial charge in [-0.25, -0.2) is 0 Å². The Morgan fingerprint density at radius 2 is 1.67 bits per heavy atom. The highest BCUT2D eigenvalue weighted by Gasteiger charge is 2.27. The van der Waals surface area contributed by atoms with Crippen LogP contribution in [0.4, 0.5) is 5.69 Å². The third-order valence-electron chi connectivity index (χ3n) is 4.97. The number of ether oxygens (including phenoxy) is 2. The number of nitrogens with zero attached hydrogens (tertiary/aromatic N) is 1. The molecule has 0 saturated carbocycles. The maximum absolute atomic E-state index is 12.7. The van der Waals surface area contributed by atoms with E-state index in [-0.39, 0.29) is 5.78 Å². The Bertz CT molecular complexity index is 1110. The molecule has 3 aromatic carbocycles. The second-order valence-corrected chi connectivity index (χ2v) is 7.32. The predicted molar refractivity (Wildman–Crippen MR) is 121 cm³/mol. The van der Waals surface area contributed by atoms with Gasteiger partial charge in [0.1, 0.15) is 18.1 Å². The number of anilines is 1. The molecule has 0 radical (unpaired) electrons. The molecule has 1 heterocycles. The van der Waals surface area contributed by atoms with Crippen molar-refractivity contribution in [3.8, 4) is 11.5 Å². The third-order valence-corrected chi connectivity index (χ3v) is 4.97. The molecule has 0 saturated heterocycles. The van der Waals surface area contributed by atoms with E-state index in [1.54, 1.807) is 30.4 Å². The lowest BCUT2D eigenvalue weighted by Crippen LogP contribution is -2.08. The van der Waals surface area contributed by atoms with E-state index in [0.717, 1.165) is 22.4 Å². The van der Waals surface area contributed by atoms with E-state index in [4.69, 9.17) is 9.47 Å². The fourth-order valence-electron chi connectivity index (χ4n) is 3.19. The smallest absolute Gasteiger partial charge is 0.231 e. The largest absolute Gasteiger partial charge is 0.489 e. The predicted octanol–water partition coefficient (Wildman–Crippen LogP) is 5.59. The van der Waals surface area contributed by atoms with Crippen molar-refractivity contribution in [2.45, 2.75) is 6.61 Å². The van der Waals surface area contributed by atoms with E-state index in [1.807, 2.05) is 67.5 Å². The van der Waals surface area contributed by atoms with Crippen molar-refractivity contribution in [1.29, 1.82) is 0 Å². The number of benzene rings is 3. The van der Waals surface area contributed by atoms with E-state index in [2.05, 4.69) is 6.58 Å². The van der Waals surface area contributed by atoms with Crippen molar-refractivity contribution in [1.82, 2.24) is 0 Å². The molecule has 4 rings (SSSR count). The Kier molecular flexibility index (Phi) is 5.40. The zero-order valence-electron chi connectivity index (χ0n) is 17.1. The molecule has 0 atom stereocenters. The summed E-state index contributed by atoms with van der Waals surface area (Å²) in [6, 6.07) is 21.3. The first-order valence-corrected chi connectivity index (χ1v) is 9.73. The summed E-state index contributed by atoms with van der Waals surface area (Å²) in [5, 5.41) is 0. The lowest BCUT2D eigenvalue weighted by Gasteiger charge is -2.11. The maximum atomic E-state index is 12.7. The molecule has 4 heteroatoms. The fourth-order valence-corrected chi connectivity index (χ4v) is 3.19. The van der Waals surface area contributed by atoms with E-state index < -0.39 is 0 Å². The van der Waals surface area contributed by atoms with Crippen molar-refractivity contribution in [3.63, 3.8) is 0 Å². The summed E-state index contributed by atoms with van der Waals surface area (Å²) < 4.78 is 11.7. The van der Waals surface area contributed by atoms with E-state index in [9.17, 15) is 4.79 Å². The quantitative estimate of drug-likeness (QED) is 0.508. The lowest BCUT2D eigenvalue weighted by atomic mass is 10.1. The molecule has 0 spiro atoms. The molecular formula is C26H23NO3. The molecule has 0 fully saturated rings. The molecule has 150 valence electrons. The molecule has 0 aliphatic carbocycles. The average Bonchev–Trinajstić information content (AvgIpc) is 3.07. The van der Waals surface area contributed by atoms with Crippen LogP contribution >= 0.6 is 0 Å². The van der Waals surface area contributed by atoms with Crippen molar-refractivity contribution in [3.05, 3.63) is 101 Å². The average molecular weight is 397 g/mol. The molecule has 0 N–H and O–H groups in total. The normalized spacial score (nSPS) is 13.7. The number of hydrogen-bond donors (Lipinski definition) is 0. The number of ketones is 1. The topological polar surface area (TPSA) is 38.8 Å². The first kappa shape index (κ1) is 19.5. The highest BCUT2D eigenvalue weighted by Crippen LogP contribution is 2.35. The molecule has 1 aliphatic heterocycles. The monoisotopic (exact) mass is 397 g/mol. The van der Waals surface area contributed by atoms with Crippen LogP contribution in [0.5, 0.6) is 11.5 Å². The van der Waals surface area contributed by atoms with Crippen molar-refractivity contribution >= 4 is 23.6 Å². The molecular weight excluding hydrogens is 374 g/mol. The minimum Gasteiger partial charge on any atom is -0.489 e. The number of hydrogen-bond acceptors (Lipinski definition) is 4. The second-order valence-electron chi connectivity index (χ2n) is 7.32. The second kappa shape index (κ2) is 8.29. The number of allylic oxidation sites excluding steroid dienone is 1. The molecule has 0 amide bonds. The van der Waals surface area contributed by atoms with Gasteiger partial charge in [-0.3, -0.25) is 4.79 Å². The molecule has 4 nitrogen and oxygen atoms in total. The number of carbonyl (C=O) groups is 1. The lowest BCUT2D eigenvalue weighted by molar-refractivity contribution is 0.101. The highest BCUT2D eigenvalue weighted by atomic mass is 16.5. The maximum Gasteiger partial charge on any atom is 0.231 e. The van der Waals surface area contributed by atoms with Crippen LogP contribution in [0.15, 0.2) is 79.1 Å². The SMILES string of the molecule is C=Cc1ccc(COc2ccc3c(c2)O/C(=C\c2ccc(N(C)C)cc2)C3=O)cc1. The Balaban J connectivity index is 1.47. The zero-order valence-corrected chi connectivity index (χ0v) is 17.1. The van der Waals surface area contributed by atoms with Crippen LogP contribution in [-0.4, -0.2) is 19.9 Å². The summed E-state index contributed by atoms with van der Waals surface area (Å²) in [5.41, 5.74) is 4.68. The number of fused-ring (bicyclic) bond motifs is 1. The van der Waals surface area contributed by atoms with E-state index in [1.165, 1.54) is 0 Å². The van der Waals surface area contributed by atoms with Gasteiger partial charge in [0.2, 0.25) is 5.78 Å². The Hall–Kier alpha value is -3.79. The first-order chi connectivity index (χ1) is 14.5. The Morgan fingerprint density at radius 3 is 2.33 bits per heavy atom. The van der Waals surface area contributed by atoms with E-state index in [0.29, 0.717) is 29.4 Å². The summed E-state index contributed by atoms with van der Waals surface area (Å²) in [5.74, 6) is 1.38. The van der Waals surface area contributed by atoms with Crippen molar-refractivity contribution in [2.24, 2.45) is 0 Å². The van der Waals surface area contributed by atoms with Crippen LogP contribution in [0.2, 0.25) is 0 Å². The molecule has 0 bridgehead atoms. The minimum atomic E-state index is -0.117. The van der Waals surface area contributed by atoms with Crippen LogP contribution in [0, 0.1) is 0 Å². The minimum absolute atomic E-state index is 0.117. The molecule has 1 aliphatic rings. The summed E-state index contributed by atoms with van der Waals surface area (Å²) in [6.07, 6.45) is 3.57. The zero-order chi connectivity index (χ0) is 21.1. The van der Waals surface area contributed by atoms with Gasteiger partial charge in [0.15, 0.2) is 5.76 Å². The number of Topliss-reactive ketones (excluding diaryl/α,β-unsaturated/α-hetero) is 1. The molecule has 0 unspecified atom stereocenters. The summed E-state index contributed by atoms with van der Waals surface area (Å²) in [6.45, 7) is 4.19. The van der Waals surface area contributed by atoms with Gasteiger partial charge >= 0.3 is 0 Å². The van der Waals surface area contributed by atoms with Crippen molar-refractivity contribution < 1.29 is 14.3 Å². The first-order valence-electron chi connectivity index (χ1n) is 9.73. The van der Waals surface area contributed by atoms with E-state index >= 15 is 0 Å². The van der Waals surface area contributed by atoms with Crippen LogP contribution < -0.4 is 14.4 Å². The summed E-state index contributed by atoms with van der Waals surface area (Å²) >= 11 is 0. The Morgan fingerprint density at radius 1 is 0.967 bits per heavy atom. The van der Waals surface area contributed by atoms with Crippen LogP contribution in [0.1, 0.15) is 27.0 Å². The van der Waals surface area contributed by atoms with Crippen molar-refractivity contribution in [2.75, 3.05) is 19.0 Å². The van der Waals surface area contributed by atoms with Gasteiger partial charge in [0.05, 0.1) is 5.56 Å². The molecule has 3 aromatic rings. The van der Waals surface area contributed by atoms with Gasteiger partial charge in [-0.2, -0.15) is 0 Å². The summed E-state index contributed by atoms with van der Waals surface area (Å²) in [4.78, 5) is 14.7. The molecule has 30 heavy (non-hydrogen) atoms. The van der Waals surface area contributed by atoms with Crippen LogP contribution in [0.25, 0.3) is 12.2 Å². The Labute approximate surface area is 176 Å². The summed E-state index contributed by atoms with van der Waals surface area (Å²) in [7, 11) is 3.98. The van der Waals surface area contributed by atoms with Gasteiger partial charge < -0.3 is 14.4 Å². The number of carbonyl (C=O) groups excluding carboxylic acids is 1. The van der Waals surface area contributed by atoms with Gasteiger partial charge in [-0.1, -0.05) is 49.1 Å². The van der Waals surface area contributed by atoms with Gasteiger partial charge in [-0.15, -0.1) is 0 Å².